The van der Waals surface area contributed by atoms with Crippen LogP contribution in [0.4, 0.5) is 0 Å². The van der Waals surface area contributed by atoms with E-state index in [0.717, 1.165) is 17.9 Å². The molecule has 4 heteroatoms. The molecule has 24 heavy (non-hydrogen) atoms. The van der Waals surface area contributed by atoms with E-state index in [4.69, 9.17) is 4.74 Å². The SMILES string of the molecule is COc1ccc(CNC(C)c2ccccc2)cc1-c1ncccn1. The molecule has 0 aliphatic carbocycles. The second-order valence-corrected chi connectivity index (χ2v) is 5.62. The van der Waals surface area contributed by atoms with E-state index in [1.54, 1.807) is 19.5 Å². The van der Waals surface area contributed by atoms with E-state index in [0.29, 0.717) is 5.82 Å². The number of benzene rings is 2. The third-order valence-electron chi connectivity index (χ3n) is 3.98. The Hall–Kier alpha value is -2.72. The summed E-state index contributed by atoms with van der Waals surface area (Å²) in [6.45, 7) is 2.93. The van der Waals surface area contributed by atoms with Gasteiger partial charge in [-0.25, -0.2) is 9.97 Å². The number of rotatable bonds is 6. The molecule has 4 nitrogen and oxygen atoms in total. The van der Waals surface area contributed by atoms with Gasteiger partial charge in [0.25, 0.3) is 0 Å². The Balaban J connectivity index is 1.77. The van der Waals surface area contributed by atoms with Gasteiger partial charge in [-0.05, 0) is 36.2 Å². The van der Waals surface area contributed by atoms with Gasteiger partial charge in [-0.2, -0.15) is 0 Å². The first-order valence-corrected chi connectivity index (χ1v) is 8.00. The fraction of sp³-hybridized carbons (Fsp3) is 0.200. The largest absolute Gasteiger partial charge is 0.496 e. The molecule has 0 bridgehead atoms. The fourth-order valence-electron chi connectivity index (χ4n) is 2.61. The zero-order valence-corrected chi connectivity index (χ0v) is 13.9. The van der Waals surface area contributed by atoms with Gasteiger partial charge in [0, 0.05) is 25.0 Å². The minimum atomic E-state index is 0.282. The Labute approximate surface area is 142 Å². The van der Waals surface area contributed by atoms with Crippen LogP contribution in [0.3, 0.4) is 0 Å². The molecular formula is C20H21N3O. The van der Waals surface area contributed by atoms with Crippen molar-refractivity contribution in [1.29, 1.82) is 0 Å². The zero-order valence-electron chi connectivity index (χ0n) is 13.9. The normalized spacial score (nSPS) is 11.9. The lowest BCUT2D eigenvalue weighted by Crippen LogP contribution is -2.18. The van der Waals surface area contributed by atoms with Crippen LogP contribution >= 0.6 is 0 Å². The fourth-order valence-corrected chi connectivity index (χ4v) is 2.61. The summed E-state index contributed by atoms with van der Waals surface area (Å²) in [5.41, 5.74) is 3.35. The van der Waals surface area contributed by atoms with Crippen molar-refractivity contribution in [3.8, 4) is 17.1 Å². The topological polar surface area (TPSA) is 47.0 Å². The molecule has 0 aliphatic rings. The summed E-state index contributed by atoms with van der Waals surface area (Å²) in [6, 6.07) is 18.6. The maximum Gasteiger partial charge on any atom is 0.162 e. The number of nitrogens with zero attached hydrogens (tertiary/aromatic N) is 2. The Kier molecular flexibility index (Phi) is 5.18. The first kappa shape index (κ1) is 16.1. The highest BCUT2D eigenvalue weighted by Crippen LogP contribution is 2.28. The maximum absolute atomic E-state index is 5.45. The third kappa shape index (κ3) is 3.78. The molecule has 0 aliphatic heterocycles. The summed E-state index contributed by atoms with van der Waals surface area (Å²) in [7, 11) is 1.66. The zero-order chi connectivity index (χ0) is 16.8. The van der Waals surface area contributed by atoms with Crippen LogP contribution in [0.2, 0.25) is 0 Å². The molecule has 0 spiro atoms. The van der Waals surface area contributed by atoms with Crippen LogP contribution in [-0.4, -0.2) is 17.1 Å². The molecule has 1 aromatic heterocycles. The van der Waals surface area contributed by atoms with Gasteiger partial charge in [-0.3, -0.25) is 0 Å². The number of nitrogens with one attached hydrogen (secondary N) is 1. The number of ether oxygens (including phenoxy) is 1. The van der Waals surface area contributed by atoms with Gasteiger partial charge in [0.15, 0.2) is 5.82 Å². The number of aromatic nitrogens is 2. The minimum Gasteiger partial charge on any atom is -0.496 e. The smallest absolute Gasteiger partial charge is 0.162 e. The average Bonchev–Trinajstić information content (AvgIpc) is 2.67. The highest BCUT2D eigenvalue weighted by Gasteiger charge is 2.10. The lowest BCUT2D eigenvalue weighted by Gasteiger charge is -2.15. The van der Waals surface area contributed by atoms with Crippen molar-refractivity contribution < 1.29 is 4.74 Å². The maximum atomic E-state index is 5.45. The number of hydrogen-bond donors (Lipinski definition) is 1. The van der Waals surface area contributed by atoms with Crippen molar-refractivity contribution in [3.05, 3.63) is 78.1 Å². The molecule has 1 N–H and O–H groups in total. The predicted octanol–water partition coefficient (Wildman–Crippen LogP) is 4.00. The van der Waals surface area contributed by atoms with Crippen LogP contribution in [0.15, 0.2) is 67.0 Å². The molecule has 1 atom stereocenters. The summed E-state index contributed by atoms with van der Waals surface area (Å²) in [5, 5.41) is 3.55. The molecule has 0 saturated carbocycles. The molecular weight excluding hydrogens is 298 g/mol. The first-order valence-electron chi connectivity index (χ1n) is 8.00. The first-order chi connectivity index (χ1) is 11.8. The lowest BCUT2D eigenvalue weighted by molar-refractivity contribution is 0.416. The number of hydrogen-bond acceptors (Lipinski definition) is 4. The predicted molar refractivity (Wildman–Crippen MR) is 95.7 cm³/mol. The average molecular weight is 319 g/mol. The molecule has 1 heterocycles. The van der Waals surface area contributed by atoms with Gasteiger partial charge in [-0.15, -0.1) is 0 Å². The summed E-state index contributed by atoms with van der Waals surface area (Å²) < 4.78 is 5.45. The second kappa shape index (κ2) is 7.70. The van der Waals surface area contributed by atoms with Crippen LogP contribution in [0.1, 0.15) is 24.1 Å². The van der Waals surface area contributed by atoms with E-state index in [-0.39, 0.29) is 6.04 Å². The van der Waals surface area contributed by atoms with Crippen molar-refractivity contribution in [3.63, 3.8) is 0 Å². The van der Waals surface area contributed by atoms with Crippen molar-refractivity contribution in [2.75, 3.05) is 7.11 Å². The highest BCUT2D eigenvalue weighted by molar-refractivity contribution is 5.64. The molecule has 3 rings (SSSR count). The Morgan fingerprint density at radius 3 is 2.46 bits per heavy atom. The van der Waals surface area contributed by atoms with Gasteiger partial charge in [0.05, 0.1) is 12.7 Å². The van der Waals surface area contributed by atoms with Gasteiger partial charge in [0.1, 0.15) is 5.75 Å². The summed E-state index contributed by atoms with van der Waals surface area (Å²) in [6.07, 6.45) is 3.48. The molecule has 0 amide bonds. The summed E-state index contributed by atoms with van der Waals surface area (Å²) in [5.74, 6) is 1.45. The molecule has 1 unspecified atom stereocenters. The van der Waals surface area contributed by atoms with Crippen LogP contribution in [0.25, 0.3) is 11.4 Å². The van der Waals surface area contributed by atoms with E-state index < -0.39 is 0 Å². The standard InChI is InChI=1S/C20H21N3O/c1-15(17-7-4-3-5-8-17)23-14-16-9-10-19(24-2)18(13-16)20-21-11-6-12-22-20/h3-13,15,23H,14H2,1-2H3. The molecule has 3 aromatic rings. The van der Waals surface area contributed by atoms with Crippen molar-refractivity contribution >= 4 is 0 Å². The Morgan fingerprint density at radius 1 is 1.00 bits per heavy atom. The van der Waals surface area contributed by atoms with E-state index in [2.05, 4.69) is 58.6 Å². The number of methoxy groups -OCH3 is 1. The van der Waals surface area contributed by atoms with Crippen molar-refractivity contribution in [2.45, 2.75) is 19.5 Å². The van der Waals surface area contributed by atoms with Gasteiger partial charge < -0.3 is 10.1 Å². The van der Waals surface area contributed by atoms with E-state index in [1.807, 2.05) is 18.2 Å². The van der Waals surface area contributed by atoms with E-state index in [1.165, 1.54) is 11.1 Å². The van der Waals surface area contributed by atoms with Gasteiger partial charge in [-0.1, -0.05) is 36.4 Å². The van der Waals surface area contributed by atoms with Gasteiger partial charge in [0.2, 0.25) is 0 Å². The molecule has 0 fully saturated rings. The van der Waals surface area contributed by atoms with E-state index in [9.17, 15) is 0 Å². The molecule has 0 saturated heterocycles. The Bertz CT molecular complexity index is 775. The van der Waals surface area contributed by atoms with Crippen LogP contribution in [0, 0.1) is 0 Å². The quantitative estimate of drug-likeness (QED) is 0.746. The lowest BCUT2D eigenvalue weighted by atomic mass is 10.1. The van der Waals surface area contributed by atoms with Crippen molar-refractivity contribution in [2.24, 2.45) is 0 Å². The van der Waals surface area contributed by atoms with Gasteiger partial charge >= 0.3 is 0 Å². The second-order valence-electron chi connectivity index (χ2n) is 5.62. The summed E-state index contributed by atoms with van der Waals surface area (Å²) in [4.78, 5) is 8.66. The van der Waals surface area contributed by atoms with Crippen LogP contribution in [0.5, 0.6) is 5.75 Å². The van der Waals surface area contributed by atoms with E-state index >= 15 is 0 Å². The Morgan fingerprint density at radius 2 is 1.75 bits per heavy atom. The molecule has 0 radical (unpaired) electrons. The van der Waals surface area contributed by atoms with Crippen LogP contribution < -0.4 is 10.1 Å². The van der Waals surface area contributed by atoms with Crippen molar-refractivity contribution in [1.82, 2.24) is 15.3 Å². The monoisotopic (exact) mass is 319 g/mol. The third-order valence-corrected chi connectivity index (χ3v) is 3.98. The van der Waals surface area contributed by atoms with Crippen LogP contribution in [-0.2, 0) is 6.54 Å². The minimum absolute atomic E-state index is 0.282. The highest BCUT2D eigenvalue weighted by atomic mass is 16.5. The molecule has 122 valence electrons. The molecule has 2 aromatic carbocycles. The summed E-state index contributed by atoms with van der Waals surface area (Å²) >= 11 is 0.